The summed E-state index contributed by atoms with van der Waals surface area (Å²) in [7, 11) is 0. The molecule has 1 rings (SSSR count). The van der Waals surface area contributed by atoms with E-state index in [0.717, 1.165) is 0 Å². The van der Waals surface area contributed by atoms with E-state index >= 15 is 0 Å². The number of carbonyl (C=O) groups excluding carboxylic acids is 2. The van der Waals surface area contributed by atoms with Crippen molar-refractivity contribution in [2.45, 2.75) is 13.3 Å². The third-order valence-corrected chi connectivity index (χ3v) is 2.99. The maximum Gasteiger partial charge on any atom is 0.248 e. The van der Waals surface area contributed by atoms with Crippen molar-refractivity contribution >= 4 is 17.5 Å². The van der Waals surface area contributed by atoms with Crippen molar-refractivity contribution in [1.29, 1.82) is 0 Å². The molecular formula is C14H24N6O5. The van der Waals surface area contributed by atoms with E-state index in [1.165, 1.54) is 5.01 Å². The van der Waals surface area contributed by atoms with Gasteiger partial charge in [-0.25, -0.2) is 5.01 Å². The van der Waals surface area contributed by atoms with Crippen LogP contribution in [0.2, 0.25) is 0 Å². The second-order valence-electron chi connectivity index (χ2n) is 5.10. The number of carbonyl (C=O) groups is 2. The zero-order valence-corrected chi connectivity index (χ0v) is 14.3. The molecule has 0 saturated carbocycles. The minimum atomic E-state index is -0.274. The summed E-state index contributed by atoms with van der Waals surface area (Å²) in [5.74, 6) is -0.438. The van der Waals surface area contributed by atoms with Gasteiger partial charge in [0.2, 0.25) is 11.8 Å². The van der Waals surface area contributed by atoms with Crippen LogP contribution in [0.5, 0.6) is 0 Å². The van der Waals surface area contributed by atoms with Crippen LogP contribution in [0.25, 0.3) is 10.4 Å². The molecule has 0 fully saturated rings. The normalized spacial score (nSPS) is 13.6. The predicted octanol–water partition coefficient (Wildman–Crippen LogP) is 0.0709. The van der Waals surface area contributed by atoms with Crippen LogP contribution in [0.3, 0.4) is 0 Å². The van der Waals surface area contributed by atoms with Crippen LogP contribution in [0, 0.1) is 0 Å². The number of azide groups is 1. The summed E-state index contributed by atoms with van der Waals surface area (Å²) in [6.07, 6.45) is 0.273. The second-order valence-corrected chi connectivity index (χ2v) is 5.10. The van der Waals surface area contributed by atoms with Gasteiger partial charge in [-0.2, -0.15) is 5.10 Å². The summed E-state index contributed by atoms with van der Waals surface area (Å²) >= 11 is 0. The lowest BCUT2D eigenvalue weighted by Crippen LogP contribution is -2.37. The topological polar surface area (TPSA) is 138 Å². The number of nitrogens with zero attached hydrogens (tertiary/aromatic N) is 5. The number of ether oxygens (including phenoxy) is 3. The van der Waals surface area contributed by atoms with E-state index in [-0.39, 0.29) is 24.8 Å². The van der Waals surface area contributed by atoms with E-state index in [9.17, 15) is 9.59 Å². The molecular weight excluding hydrogens is 332 g/mol. The van der Waals surface area contributed by atoms with E-state index in [1.807, 2.05) is 0 Å². The molecule has 0 radical (unpaired) electrons. The average molecular weight is 356 g/mol. The third kappa shape index (κ3) is 10.3. The molecule has 0 aromatic rings. The molecule has 0 atom stereocenters. The smallest absolute Gasteiger partial charge is 0.248 e. The van der Waals surface area contributed by atoms with Crippen molar-refractivity contribution in [3.8, 4) is 0 Å². The molecule has 0 aliphatic carbocycles. The van der Waals surface area contributed by atoms with Gasteiger partial charge in [-0.05, 0) is 12.5 Å². The Labute approximate surface area is 145 Å². The number of hydrogen-bond donors (Lipinski definition) is 1. The molecule has 0 aromatic heterocycles. The van der Waals surface area contributed by atoms with Crippen molar-refractivity contribution < 1.29 is 23.8 Å². The Kier molecular flexibility index (Phi) is 10.9. The van der Waals surface area contributed by atoms with E-state index in [1.54, 1.807) is 6.92 Å². The maximum absolute atomic E-state index is 11.7. The highest BCUT2D eigenvalue weighted by atomic mass is 16.5. The quantitative estimate of drug-likeness (QED) is 0.203. The van der Waals surface area contributed by atoms with Crippen LogP contribution in [0.15, 0.2) is 10.2 Å². The lowest BCUT2D eigenvalue weighted by molar-refractivity contribution is -0.134. The van der Waals surface area contributed by atoms with E-state index < -0.39 is 0 Å². The van der Waals surface area contributed by atoms with Crippen LogP contribution in [0.1, 0.15) is 13.3 Å². The van der Waals surface area contributed by atoms with E-state index in [4.69, 9.17) is 19.7 Å². The fourth-order valence-electron chi connectivity index (χ4n) is 1.88. The molecule has 1 aliphatic rings. The van der Waals surface area contributed by atoms with E-state index in [2.05, 4.69) is 20.4 Å². The molecule has 0 unspecified atom stereocenters. The van der Waals surface area contributed by atoms with Crippen molar-refractivity contribution in [2.75, 3.05) is 59.3 Å². The monoisotopic (exact) mass is 356 g/mol. The minimum Gasteiger partial charge on any atom is -0.379 e. The first-order chi connectivity index (χ1) is 12.1. The van der Waals surface area contributed by atoms with Crippen LogP contribution < -0.4 is 5.32 Å². The van der Waals surface area contributed by atoms with Gasteiger partial charge in [0.05, 0.1) is 46.1 Å². The van der Waals surface area contributed by atoms with Crippen LogP contribution in [-0.2, 0) is 23.8 Å². The van der Waals surface area contributed by atoms with Gasteiger partial charge in [0.1, 0.15) is 6.54 Å². The third-order valence-electron chi connectivity index (χ3n) is 2.99. The Balaban J connectivity index is 1.86. The van der Waals surface area contributed by atoms with Crippen molar-refractivity contribution in [3.05, 3.63) is 10.4 Å². The van der Waals surface area contributed by atoms with Crippen LogP contribution >= 0.6 is 0 Å². The number of amides is 2. The van der Waals surface area contributed by atoms with Gasteiger partial charge in [-0.3, -0.25) is 9.59 Å². The van der Waals surface area contributed by atoms with Gasteiger partial charge in [0, 0.05) is 23.7 Å². The van der Waals surface area contributed by atoms with Gasteiger partial charge < -0.3 is 19.5 Å². The summed E-state index contributed by atoms with van der Waals surface area (Å²) in [6.45, 7) is 4.75. The first-order valence-corrected chi connectivity index (χ1v) is 7.98. The standard InChI is InChI=1S/C14H24N6O5/c1-12-10-14(22)20(18-12)11-13(21)16-2-4-23-6-8-25-9-7-24-5-3-17-19-15/h2-11H2,1H3,(H,16,21). The Morgan fingerprint density at radius 1 is 1.24 bits per heavy atom. The fraction of sp³-hybridized carbons (Fsp3) is 0.786. The molecule has 0 aromatic carbocycles. The summed E-state index contributed by atoms with van der Waals surface area (Å²) in [4.78, 5) is 25.7. The van der Waals surface area contributed by atoms with Crippen LogP contribution in [-0.4, -0.2) is 81.8 Å². The number of hydrazone groups is 1. The molecule has 25 heavy (non-hydrogen) atoms. The second kappa shape index (κ2) is 13.1. The zero-order valence-electron chi connectivity index (χ0n) is 14.3. The van der Waals surface area contributed by atoms with Gasteiger partial charge in [0.15, 0.2) is 0 Å². The zero-order chi connectivity index (χ0) is 18.3. The molecule has 1 N–H and O–H groups in total. The highest BCUT2D eigenvalue weighted by Crippen LogP contribution is 2.06. The summed E-state index contributed by atoms with van der Waals surface area (Å²) < 4.78 is 15.7. The van der Waals surface area contributed by atoms with Crippen molar-refractivity contribution in [2.24, 2.45) is 10.2 Å². The Morgan fingerprint density at radius 2 is 1.88 bits per heavy atom. The highest BCUT2D eigenvalue weighted by Gasteiger charge is 2.22. The van der Waals surface area contributed by atoms with Crippen molar-refractivity contribution in [3.63, 3.8) is 0 Å². The Bertz CT molecular complexity index is 506. The Morgan fingerprint density at radius 3 is 2.48 bits per heavy atom. The number of rotatable bonds is 14. The molecule has 11 heteroatoms. The average Bonchev–Trinajstić information content (AvgIpc) is 2.89. The van der Waals surface area contributed by atoms with Gasteiger partial charge >= 0.3 is 0 Å². The lowest BCUT2D eigenvalue weighted by atomic mass is 10.3. The van der Waals surface area contributed by atoms with Gasteiger partial charge in [-0.1, -0.05) is 5.11 Å². The molecule has 1 aliphatic heterocycles. The first-order valence-electron chi connectivity index (χ1n) is 7.98. The molecule has 11 nitrogen and oxygen atoms in total. The van der Waals surface area contributed by atoms with Gasteiger partial charge in [0.25, 0.3) is 0 Å². The molecule has 1 heterocycles. The summed E-state index contributed by atoms with van der Waals surface area (Å²) in [6, 6.07) is 0. The largest absolute Gasteiger partial charge is 0.379 e. The van der Waals surface area contributed by atoms with E-state index in [0.29, 0.717) is 58.4 Å². The van der Waals surface area contributed by atoms with Crippen molar-refractivity contribution in [1.82, 2.24) is 10.3 Å². The molecule has 0 saturated heterocycles. The molecule has 2 amide bonds. The maximum atomic E-state index is 11.7. The minimum absolute atomic E-state index is 0.0705. The summed E-state index contributed by atoms with van der Waals surface area (Å²) in [5.41, 5.74) is 8.77. The fourth-order valence-corrected chi connectivity index (χ4v) is 1.88. The SMILES string of the molecule is CC1=NN(CC(=O)NCCOCCOCCOCCN=[N+]=[N-])C(=O)C1. The molecule has 140 valence electrons. The summed E-state index contributed by atoms with van der Waals surface area (Å²) in [5, 5.41) is 11.2. The number of hydrogen-bond acceptors (Lipinski definition) is 7. The van der Waals surface area contributed by atoms with Gasteiger partial charge in [-0.15, -0.1) is 0 Å². The lowest BCUT2D eigenvalue weighted by Gasteiger charge is -2.12. The predicted molar refractivity (Wildman–Crippen MR) is 88.9 cm³/mol. The Hall–Kier alpha value is -2.20. The highest BCUT2D eigenvalue weighted by molar-refractivity contribution is 6.04. The molecule has 0 bridgehead atoms. The van der Waals surface area contributed by atoms with Crippen LogP contribution in [0.4, 0.5) is 0 Å². The number of nitrogens with one attached hydrogen (secondary N) is 1. The first kappa shape index (κ1) is 20.8. The molecule has 0 spiro atoms.